The fraction of sp³-hybridized carbons (Fsp3) is 0.125. The van der Waals surface area contributed by atoms with E-state index in [4.69, 9.17) is 11.6 Å². The van der Waals surface area contributed by atoms with Crippen molar-refractivity contribution >= 4 is 11.6 Å². The summed E-state index contributed by atoms with van der Waals surface area (Å²) < 4.78 is 0. The van der Waals surface area contributed by atoms with E-state index in [1.165, 1.54) is 0 Å². The molecular weight excluding hydrogens is 256 g/mol. The zero-order chi connectivity index (χ0) is 13.5. The van der Waals surface area contributed by atoms with E-state index in [2.05, 4.69) is 9.97 Å². The summed E-state index contributed by atoms with van der Waals surface area (Å²) in [6, 6.07) is 19.5. The molecule has 0 saturated heterocycles. The molecule has 0 fully saturated rings. The second-order valence-corrected chi connectivity index (χ2v) is 4.38. The first kappa shape index (κ1) is 13.5. The molecule has 0 unspecified atom stereocenters. The average molecular weight is 271 g/mol. The van der Waals surface area contributed by atoms with Crippen molar-refractivity contribution in [3.05, 3.63) is 71.5 Å². The summed E-state index contributed by atoms with van der Waals surface area (Å²) in [6.07, 6.45) is 0.838. The van der Waals surface area contributed by atoms with Gasteiger partial charge in [0, 0.05) is 11.3 Å². The third-order valence-electron chi connectivity index (χ3n) is 2.59. The maximum absolute atomic E-state index is 6.03. The van der Waals surface area contributed by atoms with E-state index in [1.807, 2.05) is 61.5 Å². The SMILES string of the molecule is CCc1cc(Cl)nc(-c2ccccccccc2)n1. The van der Waals surface area contributed by atoms with Crippen LogP contribution in [0.2, 0.25) is 5.15 Å². The van der Waals surface area contributed by atoms with Crippen molar-refractivity contribution in [2.45, 2.75) is 13.3 Å². The number of halogens is 1. The number of nitrogens with zero attached hydrogens (tertiary/aromatic N) is 2. The Morgan fingerprint density at radius 1 is 0.895 bits per heavy atom. The predicted octanol–water partition coefficient (Wildman–Crippen LogP) is 4.48. The molecule has 0 aliphatic rings. The van der Waals surface area contributed by atoms with Crippen LogP contribution in [-0.2, 0) is 6.42 Å². The van der Waals surface area contributed by atoms with Crippen LogP contribution in [0.25, 0.3) is 11.4 Å². The number of hydrogen-bond donors (Lipinski definition) is 0. The van der Waals surface area contributed by atoms with Crippen LogP contribution < -0.4 is 0 Å². The van der Waals surface area contributed by atoms with E-state index in [1.54, 1.807) is 6.07 Å². The van der Waals surface area contributed by atoms with Crippen molar-refractivity contribution in [1.29, 1.82) is 0 Å². The zero-order valence-electron chi connectivity index (χ0n) is 10.8. The zero-order valence-corrected chi connectivity index (χ0v) is 11.5. The molecule has 0 amide bonds. The van der Waals surface area contributed by atoms with Gasteiger partial charge in [-0.05, 0) is 12.5 Å². The van der Waals surface area contributed by atoms with Crippen molar-refractivity contribution in [3.8, 4) is 11.4 Å². The first-order chi connectivity index (χ1) is 9.29. The fourth-order valence-electron chi connectivity index (χ4n) is 1.62. The second-order valence-electron chi connectivity index (χ2n) is 3.99. The topological polar surface area (TPSA) is 25.8 Å². The lowest BCUT2D eigenvalue weighted by Crippen LogP contribution is -1.94. The maximum Gasteiger partial charge on any atom is 0.161 e. The van der Waals surface area contributed by atoms with Crippen LogP contribution in [0.15, 0.2) is 60.7 Å². The number of aromatic nitrogens is 2. The first-order valence-electron chi connectivity index (χ1n) is 6.22. The third-order valence-corrected chi connectivity index (χ3v) is 2.78. The van der Waals surface area contributed by atoms with Crippen molar-refractivity contribution in [1.82, 2.24) is 9.97 Å². The van der Waals surface area contributed by atoms with Gasteiger partial charge in [-0.15, -0.1) is 0 Å². The van der Waals surface area contributed by atoms with Gasteiger partial charge in [0.15, 0.2) is 5.82 Å². The molecule has 19 heavy (non-hydrogen) atoms. The van der Waals surface area contributed by atoms with Crippen LogP contribution in [0.3, 0.4) is 0 Å². The van der Waals surface area contributed by atoms with Crippen LogP contribution in [0.1, 0.15) is 12.6 Å². The van der Waals surface area contributed by atoms with Gasteiger partial charge in [-0.1, -0.05) is 73.1 Å². The van der Waals surface area contributed by atoms with E-state index >= 15 is 0 Å². The van der Waals surface area contributed by atoms with Gasteiger partial charge < -0.3 is 0 Å². The molecular formula is C16H15ClN2. The summed E-state index contributed by atoms with van der Waals surface area (Å²) in [5.74, 6) is 0.656. The summed E-state index contributed by atoms with van der Waals surface area (Å²) in [6.45, 7) is 2.05. The lowest BCUT2D eigenvalue weighted by molar-refractivity contribution is 1.01. The molecule has 96 valence electrons. The summed E-state index contributed by atoms with van der Waals surface area (Å²) >= 11 is 6.03. The van der Waals surface area contributed by atoms with Gasteiger partial charge in [-0.2, -0.15) is 0 Å². The van der Waals surface area contributed by atoms with E-state index < -0.39 is 0 Å². The Morgan fingerprint density at radius 2 is 1.47 bits per heavy atom. The van der Waals surface area contributed by atoms with Gasteiger partial charge in [-0.25, -0.2) is 9.97 Å². The molecule has 0 bridgehead atoms. The summed E-state index contributed by atoms with van der Waals surface area (Å²) in [4.78, 5) is 8.80. The molecule has 0 radical (unpaired) electrons. The van der Waals surface area contributed by atoms with Crippen molar-refractivity contribution in [2.75, 3.05) is 0 Å². The predicted molar refractivity (Wildman–Crippen MR) is 79.5 cm³/mol. The Labute approximate surface area is 118 Å². The van der Waals surface area contributed by atoms with Crippen LogP contribution in [-0.4, -0.2) is 9.97 Å². The van der Waals surface area contributed by atoms with E-state index in [9.17, 15) is 0 Å². The van der Waals surface area contributed by atoms with E-state index in [0.717, 1.165) is 17.7 Å². The van der Waals surface area contributed by atoms with Gasteiger partial charge in [0.25, 0.3) is 0 Å². The minimum absolute atomic E-state index is 0.479. The molecule has 2 aromatic rings. The third kappa shape index (κ3) is 4.04. The Balaban J connectivity index is 2.55. The molecule has 1 aromatic heterocycles. The molecule has 3 heteroatoms. The molecule has 0 aliphatic heterocycles. The Morgan fingerprint density at radius 3 is 2.05 bits per heavy atom. The molecule has 0 saturated carbocycles. The highest BCUT2D eigenvalue weighted by atomic mass is 35.5. The highest BCUT2D eigenvalue weighted by Gasteiger charge is 2.03. The van der Waals surface area contributed by atoms with E-state index in [-0.39, 0.29) is 0 Å². The largest absolute Gasteiger partial charge is 0.233 e. The Bertz CT molecular complexity index is 585. The van der Waals surface area contributed by atoms with Crippen molar-refractivity contribution in [2.24, 2.45) is 0 Å². The smallest absolute Gasteiger partial charge is 0.161 e. The molecule has 1 aromatic carbocycles. The Hall–Kier alpha value is -1.93. The number of aryl methyl sites for hydroxylation is 1. The first-order valence-corrected chi connectivity index (χ1v) is 6.59. The normalized spacial score (nSPS) is 9.79. The molecule has 1 heterocycles. The number of rotatable bonds is 2. The highest BCUT2D eigenvalue weighted by molar-refractivity contribution is 6.29. The molecule has 0 atom stereocenters. The lowest BCUT2D eigenvalue weighted by atomic mass is 10.2. The number of hydrogen-bond acceptors (Lipinski definition) is 2. The lowest BCUT2D eigenvalue weighted by Gasteiger charge is -2.02. The van der Waals surface area contributed by atoms with Crippen LogP contribution in [0.5, 0.6) is 0 Å². The van der Waals surface area contributed by atoms with Crippen molar-refractivity contribution < 1.29 is 0 Å². The maximum atomic E-state index is 6.03. The quantitative estimate of drug-likeness (QED) is 0.752. The van der Waals surface area contributed by atoms with Gasteiger partial charge in [-0.3, -0.25) is 0 Å². The molecule has 0 aliphatic carbocycles. The molecule has 2 rings (SSSR count). The standard InChI is InChI=1S/C16H15ClN2/c1-2-14-12-15(17)19-16(18-14)13-10-8-6-4-3-5-7-9-11-13/h3-12H,2H2,1H3. The van der Waals surface area contributed by atoms with Gasteiger partial charge in [0.05, 0.1) is 0 Å². The monoisotopic (exact) mass is 270 g/mol. The van der Waals surface area contributed by atoms with Gasteiger partial charge >= 0.3 is 0 Å². The average Bonchev–Trinajstić information content (AvgIpc) is 2.44. The second kappa shape index (κ2) is 6.86. The van der Waals surface area contributed by atoms with Crippen LogP contribution >= 0.6 is 11.6 Å². The Kier molecular flexibility index (Phi) is 4.87. The van der Waals surface area contributed by atoms with Crippen molar-refractivity contribution in [3.63, 3.8) is 0 Å². The highest BCUT2D eigenvalue weighted by Crippen LogP contribution is 2.17. The van der Waals surface area contributed by atoms with Gasteiger partial charge in [0.1, 0.15) is 5.15 Å². The van der Waals surface area contributed by atoms with E-state index in [0.29, 0.717) is 11.0 Å². The van der Waals surface area contributed by atoms with Crippen LogP contribution in [0, 0.1) is 0 Å². The van der Waals surface area contributed by atoms with Gasteiger partial charge in [0.2, 0.25) is 0 Å². The summed E-state index contributed by atoms with van der Waals surface area (Å²) in [7, 11) is 0. The molecule has 2 nitrogen and oxygen atoms in total. The summed E-state index contributed by atoms with van der Waals surface area (Å²) in [5, 5.41) is 0.479. The minimum Gasteiger partial charge on any atom is -0.233 e. The van der Waals surface area contributed by atoms with Crippen LogP contribution in [0.4, 0.5) is 0 Å². The summed E-state index contributed by atoms with van der Waals surface area (Å²) in [5.41, 5.74) is 1.88. The molecule has 0 spiro atoms. The molecule has 0 N–H and O–H groups in total. The fourth-order valence-corrected chi connectivity index (χ4v) is 1.82. The minimum atomic E-state index is 0.479.